The summed E-state index contributed by atoms with van der Waals surface area (Å²) in [5, 5.41) is 10.3. The largest absolute Gasteiger partial charge is 0.467 e. The van der Waals surface area contributed by atoms with Gasteiger partial charge in [-0.05, 0) is 22.3 Å². The zero-order valence-electron chi connectivity index (χ0n) is 22.9. The van der Waals surface area contributed by atoms with Crippen molar-refractivity contribution in [2.24, 2.45) is 0 Å². The Hall–Kier alpha value is -3.52. The highest BCUT2D eigenvalue weighted by atomic mass is 16.7. The predicted molar refractivity (Wildman–Crippen MR) is 158 cm³/mol. The third-order valence-electron chi connectivity index (χ3n) is 7.96. The highest BCUT2D eigenvalue weighted by molar-refractivity contribution is 6.48. The van der Waals surface area contributed by atoms with Crippen LogP contribution >= 0.6 is 0 Å². The molecule has 1 aliphatic heterocycles. The van der Waals surface area contributed by atoms with Gasteiger partial charge in [-0.2, -0.15) is 0 Å². The van der Waals surface area contributed by atoms with Crippen molar-refractivity contribution in [2.75, 3.05) is 20.8 Å². The molecular weight excluding hydrogens is 499 g/mol. The minimum Gasteiger partial charge on any atom is -0.401 e. The molecule has 1 heterocycles. The summed E-state index contributed by atoms with van der Waals surface area (Å²) in [5.41, 5.74) is 1.47. The maximum Gasteiger partial charge on any atom is 0.467 e. The van der Waals surface area contributed by atoms with Gasteiger partial charge in [-0.1, -0.05) is 127 Å². The van der Waals surface area contributed by atoms with Gasteiger partial charge in [-0.3, -0.25) is 0 Å². The molecule has 0 aliphatic carbocycles. The molecule has 1 aliphatic rings. The molecule has 1 N–H and O–H groups in total. The van der Waals surface area contributed by atoms with E-state index in [2.05, 4.69) is 6.58 Å². The number of ether oxygens (including phenoxy) is 2. The minimum atomic E-state index is -1.09. The van der Waals surface area contributed by atoms with Gasteiger partial charge in [0, 0.05) is 26.6 Å². The smallest absolute Gasteiger partial charge is 0.401 e. The molecule has 1 saturated heterocycles. The van der Waals surface area contributed by atoms with Crippen LogP contribution in [0.15, 0.2) is 134 Å². The molecule has 6 heteroatoms. The topological polar surface area (TPSA) is 57.2 Å². The van der Waals surface area contributed by atoms with Gasteiger partial charge >= 0.3 is 7.12 Å². The zero-order valence-corrected chi connectivity index (χ0v) is 22.9. The molecule has 3 atom stereocenters. The Balaban J connectivity index is 1.82. The van der Waals surface area contributed by atoms with E-state index in [0.717, 1.165) is 22.3 Å². The lowest BCUT2D eigenvalue weighted by Crippen LogP contribution is -2.56. The molecule has 4 aromatic rings. The molecule has 204 valence electrons. The molecule has 5 nitrogen and oxygen atoms in total. The fourth-order valence-electron chi connectivity index (χ4n) is 5.99. The summed E-state index contributed by atoms with van der Waals surface area (Å²) in [4.78, 5) is 0. The van der Waals surface area contributed by atoms with Gasteiger partial charge in [-0.15, -0.1) is 6.58 Å². The van der Waals surface area contributed by atoms with Crippen LogP contribution in [-0.2, 0) is 30.0 Å². The molecule has 5 rings (SSSR count). The SMILES string of the molecule is C=C[C@@H](CO)B1O[C@H](C(OC)(c2ccccc2)c2ccccc2)[C@@H](C(OC)(c2ccccc2)c2ccccc2)O1. The Morgan fingerprint density at radius 1 is 0.675 bits per heavy atom. The van der Waals surface area contributed by atoms with Crippen LogP contribution < -0.4 is 0 Å². The fraction of sp³-hybridized carbons (Fsp3) is 0.235. The first-order chi connectivity index (χ1) is 19.6. The maximum atomic E-state index is 10.3. The van der Waals surface area contributed by atoms with E-state index < -0.39 is 36.3 Å². The van der Waals surface area contributed by atoms with E-state index in [9.17, 15) is 5.11 Å². The van der Waals surface area contributed by atoms with E-state index in [1.807, 2.05) is 121 Å². The van der Waals surface area contributed by atoms with Crippen molar-refractivity contribution >= 4 is 7.12 Å². The Labute approximate surface area is 237 Å². The van der Waals surface area contributed by atoms with Crippen LogP contribution in [0.1, 0.15) is 22.3 Å². The van der Waals surface area contributed by atoms with E-state index in [4.69, 9.17) is 18.8 Å². The Kier molecular flexibility index (Phi) is 8.65. The Bertz CT molecular complexity index is 1170. The number of rotatable bonds is 11. The highest BCUT2D eigenvalue weighted by Gasteiger charge is 2.62. The Morgan fingerprint density at radius 3 is 1.20 bits per heavy atom. The van der Waals surface area contributed by atoms with Gasteiger partial charge in [0.05, 0.1) is 0 Å². The number of hydrogen-bond acceptors (Lipinski definition) is 5. The standard InChI is InChI=1S/C34H35BO5/c1-4-30(25-36)35-39-31(33(37-2,26-17-9-5-10-18-26)27-19-11-6-12-20-27)32(40-35)34(38-3,28-21-13-7-14-22-28)29-23-15-8-16-24-29/h4-24,30-32,36H,1,25H2,2-3H3/t30-,31-,32-/m0/s1. The quantitative estimate of drug-likeness (QED) is 0.189. The molecule has 0 bridgehead atoms. The van der Waals surface area contributed by atoms with Gasteiger partial charge in [0.1, 0.15) is 23.4 Å². The lowest BCUT2D eigenvalue weighted by molar-refractivity contribution is -0.136. The summed E-state index contributed by atoms with van der Waals surface area (Å²) in [6, 6.07) is 40.2. The van der Waals surface area contributed by atoms with E-state index in [-0.39, 0.29) is 6.61 Å². The second kappa shape index (κ2) is 12.3. The second-order valence-electron chi connectivity index (χ2n) is 9.91. The first-order valence-corrected chi connectivity index (χ1v) is 13.5. The summed E-state index contributed by atoms with van der Waals surface area (Å²) in [6.07, 6.45) is 0.256. The van der Waals surface area contributed by atoms with Gasteiger partial charge in [0.15, 0.2) is 0 Å². The third kappa shape index (κ3) is 4.72. The van der Waals surface area contributed by atoms with Crippen molar-refractivity contribution in [3.8, 4) is 0 Å². The maximum absolute atomic E-state index is 10.3. The lowest BCUT2D eigenvalue weighted by atomic mass is 9.71. The van der Waals surface area contributed by atoms with Gasteiger partial charge in [-0.25, -0.2) is 0 Å². The van der Waals surface area contributed by atoms with Gasteiger partial charge in [0.2, 0.25) is 0 Å². The second-order valence-corrected chi connectivity index (χ2v) is 9.91. The average molecular weight is 534 g/mol. The van der Waals surface area contributed by atoms with Crippen LogP contribution in [0.2, 0.25) is 5.82 Å². The zero-order chi connectivity index (χ0) is 28.0. The monoisotopic (exact) mass is 534 g/mol. The third-order valence-corrected chi connectivity index (χ3v) is 7.96. The molecule has 0 amide bonds. The summed E-state index contributed by atoms with van der Waals surface area (Å²) >= 11 is 0. The van der Waals surface area contributed by atoms with E-state index >= 15 is 0 Å². The minimum absolute atomic E-state index is 0.180. The molecule has 4 aromatic carbocycles. The van der Waals surface area contributed by atoms with E-state index in [1.165, 1.54) is 0 Å². The van der Waals surface area contributed by atoms with Crippen molar-refractivity contribution in [1.29, 1.82) is 0 Å². The van der Waals surface area contributed by atoms with Gasteiger partial charge < -0.3 is 23.9 Å². The van der Waals surface area contributed by atoms with Gasteiger partial charge in [0.25, 0.3) is 0 Å². The van der Waals surface area contributed by atoms with Crippen molar-refractivity contribution in [1.82, 2.24) is 0 Å². The van der Waals surface area contributed by atoms with Crippen LogP contribution in [0.25, 0.3) is 0 Å². The van der Waals surface area contributed by atoms with Crippen molar-refractivity contribution in [2.45, 2.75) is 29.2 Å². The number of methoxy groups -OCH3 is 2. The van der Waals surface area contributed by atoms with Crippen molar-refractivity contribution in [3.63, 3.8) is 0 Å². The Morgan fingerprint density at radius 2 is 0.975 bits per heavy atom. The molecular formula is C34H35BO5. The number of benzene rings is 4. The first kappa shape index (κ1) is 28.0. The average Bonchev–Trinajstić information content (AvgIpc) is 3.47. The van der Waals surface area contributed by atoms with Crippen LogP contribution in [0, 0.1) is 0 Å². The first-order valence-electron chi connectivity index (χ1n) is 13.5. The van der Waals surface area contributed by atoms with Crippen molar-refractivity contribution in [3.05, 3.63) is 156 Å². The molecule has 40 heavy (non-hydrogen) atoms. The van der Waals surface area contributed by atoms with Crippen LogP contribution in [-0.4, -0.2) is 45.3 Å². The van der Waals surface area contributed by atoms with Crippen molar-refractivity contribution < 1.29 is 23.9 Å². The molecule has 0 aromatic heterocycles. The highest BCUT2D eigenvalue weighted by Crippen LogP contribution is 2.51. The normalized spacial score (nSPS) is 18.4. The molecule has 0 radical (unpaired) electrons. The predicted octanol–water partition coefficient (Wildman–Crippen LogP) is 5.99. The van der Waals surface area contributed by atoms with Crippen LogP contribution in [0.3, 0.4) is 0 Å². The molecule has 0 spiro atoms. The summed E-state index contributed by atoms with van der Waals surface area (Å²) in [5.74, 6) is -0.463. The van der Waals surface area contributed by atoms with Crippen LogP contribution in [0.5, 0.6) is 0 Å². The lowest BCUT2D eigenvalue weighted by Gasteiger charge is -2.47. The summed E-state index contributed by atoms with van der Waals surface area (Å²) in [6.45, 7) is 3.76. The summed E-state index contributed by atoms with van der Waals surface area (Å²) < 4.78 is 26.9. The summed E-state index contributed by atoms with van der Waals surface area (Å²) in [7, 11) is 2.61. The number of aliphatic hydroxyl groups is 1. The number of hydrogen-bond donors (Lipinski definition) is 1. The number of aliphatic hydroxyl groups excluding tert-OH is 1. The molecule has 0 saturated carbocycles. The van der Waals surface area contributed by atoms with E-state index in [0.29, 0.717) is 0 Å². The fourth-order valence-corrected chi connectivity index (χ4v) is 5.99. The molecule has 1 fully saturated rings. The van der Waals surface area contributed by atoms with E-state index in [1.54, 1.807) is 20.3 Å². The van der Waals surface area contributed by atoms with Crippen LogP contribution in [0.4, 0.5) is 0 Å². The molecule has 0 unspecified atom stereocenters.